The molecule has 1 fully saturated rings. The summed E-state index contributed by atoms with van der Waals surface area (Å²) < 4.78 is 71.9. The average Bonchev–Trinajstić information content (AvgIpc) is 3.36. The van der Waals surface area contributed by atoms with Crippen molar-refractivity contribution in [3.8, 4) is 11.3 Å². The number of rotatable bonds is 8. The Hall–Kier alpha value is -3.61. The van der Waals surface area contributed by atoms with Crippen molar-refractivity contribution >= 4 is 49.6 Å². The summed E-state index contributed by atoms with van der Waals surface area (Å²) in [5, 5.41) is 8.77. The largest absolute Gasteiger partial charge is 0.383 e. The number of halogens is 4. The van der Waals surface area contributed by atoms with E-state index in [2.05, 4.69) is 21.1 Å². The number of nitrogens with zero attached hydrogens (tertiary/aromatic N) is 3. The van der Waals surface area contributed by atoms with Crippen LogP contribution >= 0.6 is 11.6 Å². The summed E-state index contributed by atoms with van der Waals surface area (Å²) in [6.07, 6.45) is 5.81. The Morgan fingerprint density at radius 2 is 1.89 bits per heavy atom. The predicted molar refractivity (Wildman–Crippen MR) is 167 cm³/mol. The van der Waals surface area contributed by atoms with Crippen molar-refractivity contribution in [3.05, 3.63) is 71.1 Å². The average molecular weight is 645 g/mol. The molecule has 0 aliphatic heterocycles. The molecule has 4 aromatic rings. The number of pyridine rings is 1. The number of fused-ring (bicyclic) bond motifs is 1. The van der Waals surface area contributed by atoms with Crippen LogP contribution < -0.4 is 15.8 Å². The molecule has 1 atom stereocenters. The van der Waals surface area contributed by atoms with Crippen LogP contribution in [0.25, 0.3) is 27.7 Å². The molecule has 1 unspecified atom stereocenters. The van der Waals surface area contributed by atoms with Crippen molar-refractivity contribution in [2.45, 2.75) is 74.9 Å². The Bertz CT molecular complexity index is 1880. The molecular weight excluding hydrogens is 613 g/mol. The minimum absolute atomic E-state index is 0.0179. The van der Waals surface area contributed by atoms with Crippen LogP contribution in [0, 0.1) is 5.82 Å². The molecule has 44 heavy (non-hydrogen) atoms. The van der Waals surface area contributed by atoms with E-state index in [-0.39, 0.29) is 52.4 Å². The topological polar surface area (TPSA) is 115 Å². The van der Waals surface area contributed by atoms with Crippen LogP contribution in [-0.2, 0) is 10.0 Å². The Morgan fingerprint density at radius 3 is 2.52 bits per heavy atom. The van der Waals surface area contributed by atoms with Crippen molar-refractivity contribution in [2.24, 2.45) is 0 Å². The maximum Gasteiger partial charge on any atom is 0.263 e. The van der Waals surface area contributed by atoms with E-state index >= 15 is 4.39 Å². The van der Waals surface area contributed by atoms with Crippen LogP contribution in [0.2, 0.25) is 5.02 Å². The van der Waals surface area contributed by atoms with E-state index in [9.17, 15) is 17.2 Å². The van der Waals surface area contributed by atoms with Crippen molar-refractivity contribution in [3.63, 3.8) is 0 Å². The zero-order chi connectivity index (χ0) is 31.4. The number of anilines is 2. The smallest absolute Gasteiger partial charge is 0.263 e. The fourth-order valence-electron chi connectivity index (χ4n) is 5.96. The van der Waals surface area contributed by atoms with Crippen LogP contribution in [0.1, 0.15) is 57.6 Å². The number of nitrogen functional groups attached to an aromatic ring is 1. The maximum atomic E-state index is 15.4. The molecule has 13 heteroatoms. The summed E-state index contributed by atoms with van der Waals surface area (Å²) in [4.78, 5) is 4.30. The Labute approximate surface area is 258 Å². The zero-order valence-corrected chi connectivity index (χ0v) is 25.7. The lowest BCUT2D eigenvalue weighted by molar-refractivity contribution is -0.0948. The van der Waals surface area contributed by atoms with E-state index in [4.69, 9.17) is 22.4 Å². The third-order valence-electron chi connectivity index (χ3n) is 8.17. The molecule has 2 aromatic heterocycles. The minimum atomic E-state index is -4.14. The summed E-state index contributed by atoms with van der Waals surface area (Å²) in [7, 11) is -4.14. The zero-order valence-electron chi connectivity index (χ0n) is 24.1. The van der Waals surface area contributed by atoms with Crippen LogP contribution in [0.5, 0.6) is 0 Å². The summed E-state index contributed by atoms with van der Waals surface area (Å²) in [6, 6.07) is 9.93. The summed E-state index contributed by atoms with van der Waals surface area (Å²) in [5.41, 5.74) is 9.67. The van der Waals surface area contributed by atoms with E-state index in [1.807, 2.05) is 18.5 Å². The first-order valence-electron chi connectivity index (χ1n) is 14.4. The molecule has 232 valence electrons. The lowest BCUT2D eigenvalue weighted by Gasteiger charge is -2.38. The second kappa shape index (κ2) is 11.4. The molecule has 2 aromatic carbocycles. The van der Waals surface area contributed by atoms with Gasteiger partial charge in [0.2, 0.25) is 0 Å². The highest BCUT2D eigenvalue weighted by molar-refractivity contribution is 7.92. The summed E-state index contributed by atoms with van der Waals surface area (Å²) in [6.45, 7) is 3.96. The molecule has 1 saturated carbocycles. The molecule has 0 amide bonds. The van der Waals surface area contributed by atoms with Gasteiger partial charge in [-0.1, -0.05) is 35.9 Å². The fraction of sp³-hybridized carbons (Fsp3) is 0.355. The Balaban J connectivity index is 1.32. The molecule has 6 rings (SSSR count). The molecule has 8 nitrogen and oxygen atoms in total. The van der Waals surface area contributed by atoms with E-state index in [1.54, 1.807) is 18.3 Å². The van der Waals surface area contributed by atoms with Gasteiger partial charge in [-0.05, 0) is 62.9 Å². The van der Waals surface area contributed by atoms with Crippen LogP contribution in [-0.4, -0.2) is 41.2 Å². The number of alkyl halides is 2. The Morgan fingerprint density at radius 1 is 1.14 bits per heavy atom. The number of sulfonamides is 1. The quantitative estimate of drug-likeness (QED) is 0.187. The van der Waals surface area contributed by atoms with Gasteiger partial charge >= 0.3 is 0 Å². The molecule has 2 aliphatic carbocycles. The molecular formula is C31H32ClF3N6O2S. The highest BCUT2D eigenvalue weighted by atomic mass is 35.5. The van der Waals surface area contributed by atoms with Crippen molar-refractivity contribution in [2.75, 3.05) is 10.5 Å². The number of benzene rings is 2. The van der Waals surface area contributed by atoms with Gasteiger partial charge in [-0.3, -0.25) is 9.40 Å². The first kappa shape index (κ1) is 30.4. The number of nitrogens with one attached hydrogen (secondary N) is 2. The van der Waals surface area contributed by atoms with Gasteiger partial charge in [-0.2, -0.15) is 5.10 Å². The third-order valence-corrected chi connectivity index (χ3v) is 10.0. The minimum Gasteiger partial charge on any atom is -0.383 e. The highest BCUT2D eigenvalue weighted by Crippen LogP contribution is 2.41. The number of aromatic nitrogens is 3. The molecule has 0 spiro atoms. The number of nitrogens with two attached hydrogens (primary N) is 1. The van der Waals surface area contributed by atoms with Gasteiger partial charge in [0.15, 0.2) is 0 Å². The lowest BCUT2D eigenvalue weighted by Crippen LogP contribution is -2.52. The van der Waals surface area contributed by atoms with Gasteiger partial charge in [0.25, 0.3) is 15.9 Å². The number of hydrogen-bond acceptors (Lipinski definition) is 6. The van der Waals surface area contributed by atoms with Crippen LogP contribution in [0.4, 0.5) is 24.7 Å². The monoisotopic (exact) mass is 644 g/mol. The predicted octanol–water partition coefficient (Wildman–Crippen LogP) is 7.18. The first-order valence-corrected chi connectivity index (χ1v) is 16.3. The van der Waals surface area contributed by atoms with Crippen molar-refractivity contribution in [1.29, 1.82) is 0 Å². The lowest BCUT2D eigenvalue weighted by atomic mass is 9.85. The highest BCUT2D eigenvalue weighted by Gasteiger charge is 2.45. The van der Waals surface area contributed by atoms with Gasteiger partial charge in [0.05, 0.1) is 21.6 Å². The molecule has 2 aliphatic rings. The van der Waals surface area contributed by atoms with E-state index in [0.717, 1.165) is 29.5 Å². The third kappa shape index (κ3) is 5.78. The van der Waals surface area contributed by atoms with Gasteiger partial charge in [0, 0.05) is 48.3 Å². The second-order valence-corrected chi connectivity index (χ2v) is 13.8. The summed E-state index contributed by atoms with van der Waals surface area (Å²) in [5.74, 6) is -3.13. The number of allylic oxidation sites excluding steroid dienone is 1. The molecule has 0 radical (unpaired) electrons. The number of hydrogen-bond donors (Lipinski definition) is 3. The van der Waals surface area contributed by atoms with Crippen LogP contribution in [0.15, 0.2) is 59.6 Å². The standard InChI is InChI=1S/C31H32ClF3N6O2S/c1-17(2)41-29-22(18-7-10-20(11-8-18)38-21-14-31(34,35)15-21)16-37-30(36)27(29)28(39-41)19-9-12-25(24(33)13-19)40-44(42,43)26-6-4-3-5-23(26)32/h3-7,9,12-13,16-17,20-21,38,40H,8,10-11,14-15H2,1-2H3,(H2,36,37). The molecule has 2 heterocycles. The molecule has 4 N–H and O–H groups in total. The normalized spacial score (nSPS) is 18.8. The fourth-order valence-corrected chi connectivity index (χ4v) is 7.54. The first-order chi connectivity index (χ1) is 20.8. The van der Waals surface area contributed by atoms with Gasteiger partial charge < -0.3 is 11.1 Å². The van der Waals surface area contributed by atoms with Crippen molar-refractivity contribution in [1.82, 2.24) is 20.1 Å². The van der Waals surface area contributed by atoms with E-state index in [1.165, 1.54) is 30.3 Å². The van der Waals surface area contributed by atoms with Gasteiger partial charge in [-0.15, -0.1) is 0 Å². The second-order valence-electron chi connectivity index (χ2n) is 11.7. The molecule has 0 saturated heterocycles. The van der Waals surface area contributed by atoms with Crippen LogP contribution in [0.3, 0.4) is 0 Å². The van der Waals surface area contributed by atoms with Gasteiger partial charge in [-0.25, -0.2) is 26.6 Å². The van der Waals surface area contributed by atoms with E-state index < -0.39 is 21.8 Å². The maximum absolute atomic E-state index is 15.4. The molecule has 0 bridgehead atoms. The van der Waals surface area contributed by atoms with Crippen molar-refractivity contribution < 1.29 is 21.6 Å². The van der Waals surface area contributed by atoms with E-state index in [0.29, 0.717) is 23.1 Å². The summed E-state index contributed by atoms with van der Waals surface area (Å²) >= 11 is 6.06. The Kier molecular flexibility index (Phi) is 7.87. The van der Waals surface area contributed by atoms with Gasteiger partial charge in [0.1, 0.15) is 22.2 Å². The SMILES string of the molecule is CC(C)n1nc(-c2ccc(NS(=O)(=O)c3ccccc3Cl)c(F)c2)c2c(N)ncc(C3=CCC(NC4CC(F)(F)C4)CC3)c21.